The summed E-state index contributed by atoms with van der Waals surface area (Å²) in [7, 11) is -2.40. The first-order chi connectivity index (χ1) is 19.0. The largest absolute Gasteiger partial charge is 0.486 e. The predicted octanol–water partition coefficient (Wildman–Crippen LogP) is 3.25. The molecule has 1 saturated heterocycles. The van der Waals surface area contributed by atoms with Crippen molar-refractivity contribution in [3.05, 3.63) is 53.1 Å². The number of nitrogens with zero attached hydrogens (tertiary/aromatic N) is 2. The fraction of sp³-hybridized carbons (Fsp3) is 0.500. The zero-order valence-electron chi connectivity index (χ0n) is 22.9. The molecule has 2 aromatic carbocycles. The predicted molar refractivity (Wildman–Crippen MR) is 151 cm³/mol. The first kappa shape index (κ1) is 30.3. The molecule has 0 saturated carbocycles. The van der Waals surface area contributed by atoms with E-state index in [9.17, 15) is 23.1 Å². The van der Waals surface area contributed by atoms with E-state index >= 15 is 0 Å². The molecule has 2 N–H and O–H groups in total. The number of fused-ring (bicyclic) bond motifs is 1. The summed E-state index contributed by atoms with van der Waals surface area (Å²) in [5.74, 6) is -0.913. The summed E-state index contributed by atoms with van der Waals surface area (Å²) < 4.78 is 39.7. The van der Waals surface area contributed by atoms with Gasteiger partial charge in [0.2, 0.25) is 15.9 Å². The molecule has 40 heavy (non-hydrogen) atoms. The van der Waals surface area contributed by atoms with Crippen LogP contribution in [0.1, 0.15) is 37.0 Å². The fourth-order valence-electron chi connectivity index (χ4n) is 4.89. The average Bonchev–Trinajstić information content (AvgIpc) is 2.95. The number of carbonyl (C=O) groups excluding carboxylic acids is 2. The number of rotatable bonds is 8. The molecule has 0 aromatic heterocycles. The molecule has 0 spiro atoms. The van der Waals surface area contributed by atoms with E-state index in [1.54, 1.807) is 30.0 Å². The van der Waals surface area contributed by atoms with Crippen molar-refractivity contribution in [1.29, 1.82) is 0 Å². The smallest absolute Gasteiger partial charge is 0.258 e. The first-order valence-corrected chi connectivity index (χ1v) is 15.2. The Labute approximate surface area is 240 Å². The third-order valence-corrected chi connectivity index (χ3v) is 9.59. The van der Waals surface area contributed by atoms with E-state index in [0.717, 1.165) is 0 Å². The normalized spacial score (nSPS) is 21.2. The third-order valence-electron chi connectivity index (χ3n) is 7.50. The Balaban J connectivity index is 1.69. The highest BCUT2D eigenvalue weighted by molar-refractivity contribution is 7.89. The molecule has 0 bridgehead atoms. The number of amides is 2. The van der Waals surface area contributed by atoms with Crippen molar-refractivity contribution in [2.75, 3.05) is 45.3 Å². The summed E-state index contributed by atoms with van der Waals surface area (Å²) in [6, 6.07) is 10.4. The van der Waals surface area contributed by atoms with Crippen molar-refractivity contribution in [1.82, 2.24) is 9.21 Å². The summed E-state index contributed by atoms with van der Waals surface area (Å²) in [6.45, 7) is 4.58. The van der Waals surface area contributed by atoms with Crippen LogP contribution < -0.4 is 10.1 Å². The molecule has 2 aliphatic heterocycles. The Morgan fingerprint density at radius 3 is 2.52 bits per heavy atom. The van der Waals surface area contributed by atoms with Crippen LogP contribution in [0.5, 0.6) is 5.75 Å². The molecule has 2 aromatic rings. The Hall–Kier alpha value is -2.70. The first-order valence-electron chi connectivity index (χ1n) is 13.3. The van der Waals surface area contributed by atoms with Gasteiger partial charge in [-0.25, -0.2) is 8.42 Å². The van der Waals surface area contributed by atoms with Crippen LogP contribution in [0.2, 0.25) is 5.02 Å². The van der Waals surface area contributed by atoms with E-state index in [-0.39, 0.29) is 59.6 Å². The van der Waals surface area contributed by atoms with E-state index in [2.05, 4.69) is 5.32 Å². The molecule has 1 fully saturated rings. The molecule has 2 heterocycles. The number of hydrogen-bond acceptors (Lipinski definition) is 7. The summed E-state index contributed by atoms with van der Waals surface area (Å²) in [6.07, 6.45) is 0.499. The molecule has 2 amide bonds. The zero-order valence-corrected chi connectivity index (χ0v) is 24.5. The lowest BCUT2D eigenvalue weighted by molar-refractivity contribution is -0.122. The summed E-state index contributed by atoms with van der Waals surface area (Å²) >= 11 is 5.95. The number of aliphatic hydroxyl groups is 1. The second-order valence-electron chi connectivity index (χ2n) is 10.4. The van der Waals surface area contributed by atoms with Crippen LogP contribution in [0.25, 0.3) is 0 Å². The van der Waals surface area contributed by atoms with Crippen LogP contribution in [0.3, 0.4) is 0 Å². The molecule has 0 radical (unpaired) electrons. The van der Waals surface area contributed by atoms with E-state index in [1.165, 1.54) is 35.6 Å². The van der Waals surface area contributed by atoms with Crippen LogP contribution in [-0.2, 0) is 19.6 Å². The molecule has 12 heteroatoms. The van der Waals surface area contributed by atoms with Gasteiger partial charge in [-0.15, -0.1) is 0 Å². The van der Waals surface area contributed by atoms with Crippen molar-refractivity contribution in [3.8, 4) is 5.75 Å². The van der Waals surface area contributed by atoms with Crippen LogP contribution in [0, 0.1) is 11.8 Å². The van der Waals surface area contributed by atoms with Crippen molar-refractivity contribution >= 4 is 39.1 Å². The van der Waals surface area contributed by atoms with Crippen molar-refractivity contribution in [2.45, 2.75) is 43.7 Å². The lowest BCUT2D eigenvalue weighted by atomic mass is 9.98. The Bertz CT molecular complexity index is 1320. The second kappa shape index (κ2) is 12.9. The van der Waals surface area contributed by atoms with E-state index in [4.69, 9.17) is 21.1 Å². The van der Waals surface area contributed by atoms with E-state index < -0.39 is 22.2 Å². The van der Waals surface area contributed by atoms with Gasteiger partial charge in [0.25, 0.3) is 5.91 Å². The fourth-order valence-corrected chi connectivity index (χ4v) is 6.20. The standard InChI is InChI=1S/C28H36ClN3O7S/c1-18-15-32(19(2)17-33)28(35)23-5-4-6-24(30-27(34)20-11-13-38-14-12-20)26(23)39-25(18)16-31(3)40(36,37)22-9-7-21(29)8-10-22/h4-10,18-20,25,33H,11-17H2,1-3H3,(H,30,34)/t18-,19+,25-/m1/s1. The molecule has 218 valence electrons. The van der Waals surface area contributed by atoms with Crippen LogP contribution in [0.4, 0.5) is 5.69 Å². The van der Waals surface area contributed by atoms with Crippen LogP contribution >= 0.6 is 11.6 Å². The van der Waals surface area contributed by atoms with Gasteiger partial charge in [-0.05, 0) is 56.2 Å². The summed E-state index contributed by atoms with van der Waals surface area (Å²) in [5.41, 5.74) is 0.562. The van der Waals surface area contributed by atoms with Crippen molar-refractivity contribution in [3.63, 3.8) is 0 Å². The third kappa shape index (κ3) is 6.60. The van der Waals surface area contributed by atoms with E-state index in [1.807, 2.05) is 6.92 Å². The van der Waals surface area contributed by atoms with Gasteiger partial charge >= 0.3 is 0 Å². The highest BCUT2D eigenvalue weighted by atomic mass is 35.5. The summed E-state index contributed by atoms with van der Waals surface area (Å²) in [5, 5.41) is 13.3. The molecule has 10 nitrogen and oxygen atoms in total. The molecule has 4 rings (SSSR count). The SMILES string of the molecule is C[C@@H]1CN([C@@H](C)CO)C(=O)c2cccc(NC(=O)C3CCOCC3)c2O[C@@H]1CN(C)S(=O)(=O)c1ccc(Cl)cc1. The van der Waals surface area contributed by atoms with Crippen LogP contribution in [-0.4, -0.2) is 86.6 Å². The number of sulfonamides is 1. The van der Waals surface area contributed by atoms with Gasteiger partial charge in [0.15, 0.2) is 5.75 Å². The topological polar surface area (TPSA) is 125 Å². The second-order valence-corrected chi connectivity index (χ2v) is 12.9. The molecule has 2 aliphatic rings. The van der Waals surface area contributed by atoms with E-state index in [0.29, 0.717) is 36.8 Å². The van der Waals surface area contributed by atoms with Crippen molar-refractivity contribution < 1.29 is 32.6 Å². The number of benzene rings is 2. The number of likely N-dealkylation sites (N-methyl/N-ethyl adjacent to an activating group) is 1. The minimum absolute atomic E-state index is 0.0245. The van der Waals surface area contributed by atoms with Crippen LogP contribution in [0.15, 0.2) is 47.4 Å². The van der Waals surface area contributed by atoms with Gasteiger partial charge in [-0.2, -0.15) is 4.31 Å². The Morgan fingerprint density at radius 2 is 1.88 bits per heavy atom. The lowest BCUT2D eigenvalue weighted by Crippen LogP contribution is -2.50. The number of anilines is 1. The minimum Gasteiger partial charge on any atom is -0.486 e. The number of aliphatic hydroxyl groups excluding tert-OH is 1. The summed E-state index contributed by atoms with van der Waals surface area (Å²) in [4.78, 5) is 28.4. The van der Waals surface area contributed by atoms with Crippen molar-refractivity contribution in [2.24, 2.45) is 11.8 Å². The number of nitrogens with one attached hydrogen (secondary N) is 1. The molecular formula is C28H36ClN3O7S. The van der Waals surface area contributed by atoms with Gasteiger partial charge in [0.1, 0.15) is 6.10 Å². The maximum atomic E-state index is 13.7. The molecular weight excluding hydrogens is 558 g/mol. The maximum Gasteiger partial charge on any atom is 0.258 e. The molecule has 0 aliphatic carbocycles. The van der Waals surface area contributed by atoms with Gasteiger partial charge in [-0.3, -0.25) is 9.59 Å². The number of carbonyl (C=O) groups is 2. The van der Waals surface area contributed by atoms with Gasteiger partial charge in [-0.1, -0.05) is 24.6 Å². The van der Waals surface area contributed by atoms with Gasteiger partial charge in [0.05, 0.1) is 35.3 Å². The molecule has 0 unspecified atom stereocenters. The highest BCUT2D eigenvalue weighted by Gasteiger charge is 2.36. The Morgan fingerprint density at radius 1 is 1.20 bits per heavy atom. The molecule has 3 atom stereocenters. The quantitative estimate of drug-likeness (QED) is 0.481. The number of para-hydroxylation sites is 1. The number of ether oxygens (including phenoxy) is 2. The number of hydrogen-bond donors (Lipinski definition) is 2. The monoisotopic (exact) mass is 593 g/mol. The van der Waals surface area contributed by atoms with Gasteiger partial charge in [0, 0.05) is 43.7 Å². The maximum absolute atomic E-state index is 13.7. The lowest BCUT2D eigenvalue weighted by Gasteiger charge is -2.38. The minimum atomic E-state index is -3.87. The Kier molecular flexibility index (Phi) is 9.73. The average molecular weight is 594 g/mol. The number of halogens is 1. The highest BCUT2D eigenvalue weighted by Crippen LogP contribution is 2.36. The van der Waals surface area contributed by atoms with Gasteiger partial charge < -0.3 is 24.8 Å². The zero-order chi connectivity index (χ0) is 29.0.